The van der Waals surface area contributed by atoms with Crippen LogP contribution in [0.1, 0.15) is 11.7 Å². The number of rotatable bonds is 4. The lowest BCUT2D eigenvalue weighted by atomic mass is 10.1. The van der Waals surface area contributed by atoms with E-state index in [0.29, 0.717) is 17.1 Å². The lowest BCUT2D eigenvalue weighted by Crippen LogP contribution is -2.40. The van der Waals surface area contributed by atoms with E-state index in [1.807, 2.05) is 12.1 Å². The van der Waals surface area contributed by atoms with Gasteiger partial charge in [-0.3, -0.25) is 4.79 Å². The molecule has 6 nitrogen and oxygen atoms in total. The molecule has 0 unspecified atom stereocenters. The van der Waals surface area contributed by atoms with Gasteiger partial charge >= 0.3 is 5.97 Å². The maximum Gasteiger partial charge on any atom is 0.352 e. The first-order valence-corrected chi connectivity index (χ1v) is 7.91. The molecular weight excluding hydrogens is 322 g/mol. The van der Waals surface area contributed by atoms with Crippen LogP contribution >= 0.6 is 0 Å². The average molecular weight is 341 g/mol. The molecule has 0 fully saturated rings. The fourth-order valence-electron chi connectivity index (χ4n) is 2.45. The van der Waals surface area contributed by atoms with Crippen molar-refractivity contribution in [2.45, 2.75) is 12.2 Å². The van der Waals surface area contributed by atoms with Crippen molar-refractivity contribution in [1.29, 1.82) is 0 Å². The van der Waals surface area contributed by atoms with Crippen molar-refractivity contribution in [3.05, 3.63) is 60.2 Å². The van der Waals surface area contributed by atoms with E-state index in [1.165, 1.54) is 4.90 Å². The Labute approximate surface area is 145 Å². The second-order valence-corrected chi connectivity index (χ2v) is 5.82. The first-order chi connectivity index (χ1) is 12.1. The predicted molar refractivity (Wildman–Crippen MR) is 90.3 cm³/mol. The number of ether oxygens (including phenoxy) is 3. The number of nitrogens with zero attached hydrogens (tertiary/aromatic N) is 1. The quantitative estimate of drug-likeness (QED) is 0.798. The van der Waals surface area contributed by atoms with Gasteiger partial charge in [-0.05, 0) is 12.1 Å². The van der Waals surface area contributed by atoms with Gasteiger partial charge in [-0.1, -0.05) is 42.5 Å². The summed E-state index contributed by atoms with van der Waals surface area (Å²) in [5.74, 6) is 0.0941. The van der Waals surface area contributed by atoms with E-state index in [1.54, 1.807) is 56.6 Å². The molecule has 25 heavy (non-hydrogen) atoms. The summed E-state index contributed by atoms with van der Waals surface area (Å²) >= 11 is 0. The Kier molecular flexibility index (Phi) is 4.88. The zero-order valence-electron chi connectivity index (χ0n) is 14.0. The fourth-order valence-corrected chi connectivity index (χ4v) is 2.45. The van der Waals surface area contributed by atoms with E-state index in [-0.39, 0.29) is 12.5 Å². The van der Waals surface area contributed by atoms with Crippen LogP contribution in [0.3, 0.4) is 0 Å². The van der Waals surface area contributed by atoms with Gasteiger partial charge in [-0.15, -0.1) is 0 Å². The standard InChI is InChI=1S/C19H19NO5/c1-20(2)18(21)17(13-8-4-3-5-9-13)25-19(22)16-12-23-14-10-6-7-11-15(14)24-16/h3-11,16-17H,12H2,1-2H3/t16-,17-/m0/s1. The molecule has 1 aliphatic heterocycles. The second-order valence-electron chi connectivity index (χ2n) is 5.82. The molecule has 2 atom stereocenters. The molecule has 0 saturated heterocycles. The zero-order chi connectivity index (χ0) is 17.8. The summed E-state index contributed by atoms with van der Waals surface area (Å²) in [6, 6.07) is 16.0. The van der Waals surface area contributed by atoms with Crippen LogP contribution in [0.25, 0.3) is 0 Å². The van der Waals surface area contributed by atoms with E-state index in [2.05, 4.69) is 0 Å². The van der Waals surface area contributed by atoms with Crippen LogP contribution in [0, 0.1) is 0 Å². The van der Waals surface area contributed by atoms with E-state index in [9.17, 15) is 9.59 Å². The normalized spacial score (nSPS) is 16.6. The number of hydrogen-bond donors (Lipinski definition) is 0. The highest BCUT2D eigenvalue weighted by Gasteiger charge is 2.33. The zero-order valence-corrected chi connectivity index (χ0v) is 14.0. The van der Waals surface area contributed by atoms with Crippen molar-refractivity contribution in [1.82, 2.24) is 4.90 Å². The Morgan fingerprint density at radius 1 is 1.04 bits per heavy atom. The first-order valence-electron chi connectivity index (χ1n) is 7.91. The molecule has 0 spiro atoms. The SMILES string of the molecule is CN(C)C(=O)[C@@H](OC(=O)[C@@H]1COc2ccccc2O1)c1ccccc1. The number of amides is 1. The van der Waals surface area contributed by atoms with Gasteiger partial charge < -0.3 is 19.1 Å². The van der Waals surface area contributed by atoms with Gasteiger partial charge in [0.15, 0.2) is 11.5 Å². The van der Waals surface area contributed by atoms with Crippen LogP contribution in [0.4, 0.5) is 0 Å². The summed E-state index contributed by atoms with van der Waals surface area (Å²) in [7, 11) is 3.23. The van der Waals surface area contributed by atoms with Crippen LogP contribution in [-0.2, 0) is 14.3 Å². The van der Waals surface area contributed by atoms with Gasteiger partial charge in [-0.25, -0.2) is 4.79 Å². The molecule has 3 rings (SSSR count). The lowest BCUT2D eigenvalue weighted by molar-refractivity contribution is -0.167. The van der Waals surface area contributed by atoms with Crippen LogP contribution in [0.15, 0.2) is 54.6 Å². The Balaban J connectivity index is 1.76. The minimum atomic E-state index is -1.02. The number of carbonyl (C=O) groups excluding carboxylic acids is 2. The number of fused-ring (bicyclic) bond motifs is 1. The molecule has 130 valence electrons. The maximum absolute atomic E-state index is 12.5. The minimum absolute atomic E-state index is 0.0352. The van der Waals surface area contributed by atoms with Gasteiger partial charge in [0.25, 0.3) is 5.91 Å². The van der Waals surface area contributed by atoms with Crippen molar-refractivity contribution in [2.24, 2.45) is 0 Å². The number of benzene rings is 2. The molecule has 1 heterocycles. The van der Waals surface area contributed by atoms with Crippen LogP contribution in [0.2, 0.25) is 0 Å². The van der Waals surface area contributed by atoms with Crippen molar-refractivity contribution in [3.63, 3.8) is 0 Å². The summed E-state index contributed by atoms with van der Waals surface area (Å²) in [4.78, 5) is 26.3. The summed E-state index contributed by atoms with van der Waals surface area (Å²) in [5.41, 5.74) is 0.603. The van der Waals surface area contributed by atoms with Gasteiger partial charge in [0, 0.05) is 19.7 Å². The van der Waals surface area contributed by atoms with Crippen molar-refractivity contribution >= 4 is 11.9 Å². The van der Waals surface area contributed by atoms with E-state index in [0.717, 1.165) is 0 Å². The Morgan fingerprint density at radius 3 is 2.36 bits per heavy atom. The third kappa shape index (κ3) is 3.74. The van der Waals surface area contributed by atoms with E-state index < -0.39 is 18.2 Å². The highest BCUT2D eigenvalue weighted by molar-refractivity contribution is 5.86. The third-order valence-corrected chi connectivity index (χ3v) is 3.77. The Morgan fingerprint density at radius 2 is 1.68 bits per heavy atom. The molecule has 2 aromatic carbocycles. The number of esters is 1. The minimum Gasteiger partial charge on any atom is -0.485 e. The summed E-state index contributed by atoms with van der Waals surface area (Å²) in [6.07, 6.45) is -1.94. The van der Waals surface area contributed by atoms with E-state index in [4.69, 9.17) is 14.2 Å². The van der Waals surface area contributed by atoms with Crippen molar-refractivity contribution < 1.29 is 23.8 Å². The number of carbonyl (C=O) groups is 2. The Bertz CT molecular complexity index is 759. The highest BCUT2D eigenvalue weighted by atomic mass is 16.6. The molecule has 1 aliphatic rings. The van der Waals surface area contributed by atoms with Crippen LogP contribution in [-0.4, -0.2) is 43.6 Å². The van der Waals surface area contributed by atoms with Gasteiger partial charge in [-0.2, -0.15) is 0 Å². The Hall–Kier alpha value is -3.02. The lowest BCUT2D eigenvalue weighted by Gasteiger charge is -2.27. The molecule has 6 heteroatoms. The highest BCUT2D eigenvalue weighted by Crippen LogP contribution is 2.31. The molecule has 0 saturated carbocycles. The topological polar surface area (TPSA) is 65.1 Å². The summed E-state index contributed by atoms with van der Waals surface area (Å²) in [6.45, 7) is 0.0352. The van der Waals surface area contributed by atoms with Crippen LogP contribution in [0.5, 0.6) is 11.5 Å². The molecule has 1 amide bonds. The first kappa shape index (κ1) is 16.8. The van der Waals surface area contributed by atoms with Crippen LogP contribution < -0.4 is 9.47 Å². The smallest absolute Gasteiger partial charge is 0.352 e. The van der Waals surface area contributed by atoms with Crippen molar-refractivity contribution in [3.8, 4) is 11.5 Å². The van der Waals surface area contributed by atoms with Gasteiger partial charge in [0.2, 0.25) is 12.2 Å². The third-order valence-electron chi connectivity index (χ3n) is 3.77. The molecular formula is C19H19NO5. The van der Waals surface area contributed by atoms with Gasteiger partial charge in [0.05, 0.1) is 0 Å². The van der Waals surface area contributed by atoms with E-state index >= 15 is 0 Å². The molecule has 0 radical (unpaired) electrons. The molecule has 0 aliphatic carbocycles. The van der Waals surface area contributed by atoms with Crippen molar-refractivity contribution in [2.75, 3.05) is 20.7 Å². The largest absolute Gasteiger partial charge is 0.485 e. The molecule has 2 aromatic rings. The molecule has 0 aromatic heterocycles. The number of hydrogen-bond acceptors (Lipinski definition) is 5. The molecule has 0 N–H and O–H groups in total. The van der Waals surface area contributed by atoms with Gasteiger partial charge in [0.1, 0.15) is 6.61 Å². The second kappa shape index (κ2) is 7.25. The summed E-state index contributed by atoms with van der Waals surface area (Å²) < 4.78 is 16.7. The predicted octanol–water partition coefficient (Wildman–Crippen LogP) is 2.20. The number of likely N-dealkylation sites (N-methyl/N-ethyl adjacent to an activating group) is 1. The maximum atomic E-state index is 12.5. The average Bonchev–Trinajstić information content (AvgIpc) is 2.65. The number of para-hydroxylation sites is 2. The summed E-state index contributed by atoms with van der Waals surface area (Å²) in [5, 5.41) is 0. The fraction of sp³-hybridized carbons (Fsp3) is 0.263. The monoisotopic (exact) mass is 341 g/mol. The molecule has 0 bridgehead atoms.